The van der Waals surface area contributed by atoms with E-state index in [0.717, 1.165) is 28.5 Å². The molecule has 0 atom stereocenters. The molecule has 3 N–H and O–H groups in total. The second-order valence-corrected chi connectivity index (χ2v) is 8.34. The molecule has 9 heteroatoms. The topological polar surface area (TPSA) is 70.2 Å². The zero-order valence-electron chi connectivity index (χ0n) is 18.7. The highest BCUT2D eigenvalue weighted by Gasteiger charge is 2.30. The number of amides is 2. The molecule has 182 valence electrons. The van der Waals surface area contributed by atoms with Gasteiger partial charge in [-0.3, -0.25) is 9.59 Å². The lowest BCUT2D eigenvalue weighted by Gasteiger charge is -2.12. The number of hydrogen-bond acceptors (Lipinski definition) is 3. The van der Waals surface area contributed by atoms with Gasteiger partial charge in [0, 0.05) is 16.9 Å². The summed E-state index contributed by atoms with van der Waals surface area (Å²) in [5.41, 5.74) is 0.649. The monoisotopic (exact) mass is 507 g/mol. The van der Waals surface area contributed by atoms with Gasteiger partial charge in [-0.05, 0) is 65.0 Å². The quantitative estimate of drug-likeness (QED) is 0.283. The number of nitrogens with one attached hydrogen (secondary N) is 3. The molecule has 0 aliphatic heterocycles. The minimum atomic E-state index is -4.52. The van der Waals surface area contributed by atoms with Crippen LogP contribution in [0.4, 0.5) is 24.5 Å². The smallest absolute Gasteiger partial charge is 0.332 e. The van der Waals surface area contributed by atoms with Crippen molar-refractivity contribution in [3.8, 4) is 0 Å². The number of carbonyl (C=O) groups excluding carboxylic acids is 2. The number of halogens is 3. The number of fused-ring (bicyclic) bond motifs is 1. The Kier molecular flexibility index (Phi) is 7.30. The fourth-order valence-electron chi connectivity index (χ4n) is 3.67. The van der Waals surface area contributed by atoms with Crippen molar-refractivity contribution >= 4 is 51.3 Å². The molecule has 0 aliphatic carbocycles. The Bertz CT molecular complexity index is 1450. The summed E-state index contributed by atoms with van der Waals surface area (Å²) in [5, 5.41) is 10.00. The molecule has 0 radical (unpaired) electrons. The largest absolute Gasteiger partial charge is 0.416 e. The van der Waals surface area contributed by atoms with E-state index in [4.69, 9.17) is 12.2 Å². The average Bonchev–Trinajstić information content (AvgIpc) is 2.84. The maximum Gasteiger partial charge on any atom is 0.416 e. The first-order chi connectivity index (χ1) is 17.2. The summed E-state index contributed by atoms with van der Waals surface area (Å²) >= 11 is 5.24. The van der Waals surface area contributed by atoms with Gasteiger partial charge in [-0.2, -0.15) is 13.2 Å². The summed E-state index contributed by atoms with van der Waals surface area (Å²) in [6, 6.07) is 24.1. The van der Waals surface area contributed by atoms with Crippen molar-refractivity contribution < 1.29 is 22.8 Å². The summed E-state index contributed by atoms with van der Waals surface area (Å²) in [6.45, 7) is 0. The van der Waals surface area contributed by atoms with Crippen LogP contribution in [-0.4, -0.2) is 16.9 Å². The fraction of sp³-hybridized carbons (Fsp3) is 0.0741. The normalized spacial score (nSPS) is 11.1. The third-order valence-corrected chi connectivity index (χ3v) is 5.52. The molecular formula is C27H20F3N3O2S. The van der Waals surface area contributed by atoms with Crippen molar-refractivity contribution in [2.75, 3.05) is 10.6 Å². The zero-order valence-corrected chi connectivity index (χ0v) is 19.5. The van der Waals surface area contributed by atoms with Crippen LogP contribution in [-0.2, 0) is 17.4 Å². The van der Waals surface area contributed by atoms with Gasteiger partial charge >= 0.3 is 6.18 Å². The van der Waals surface area contributed by atoms with Crippen LogP contribution in [0.5, 0.6) is 0 Å². The van der Waals surface area contributed by atoms with Crippen LogP contribution in [0.2, 0.25) is 0 Å². The number of anilines is 2. The maximum atomic E-state index is 12.9. The molecule has 0 fully saturated rings. The molecule has 0 saturated carbocycles. The Balaban J connectivity index is 1.37. The maximum absolute atomic E-state index is 12.9. The van der Waals surface area contributed by atoms with Crippen molar-refractivity contribution in [3.63, 3.8) is 0 Å². The van der Waals surface area contributed by atoms with E-state index in [-0.39, 0.29) is 28.7 Å². The van der Waals surface area contributed by atoms with E-state index in [1.165, 1.54) is 24.3 Å². The summed E-state index contributed by atoms with van der Waals surface area (Å²) in [5.74, 6) is -0.897. The van der Waals surface area contributed by atoms with E-state index in [2.05, 4.69) is 16.0 Å². The lowest BCUT2D eigenvalue weighted by Crippen LogP contribution is -2.35. The first-order valence-electron chi connectivity index (χ1n) is 10.9. The van der Waals surface area contributed by atoms with Crippen LogP contribution < -0.4 is 16.0 Å². The van der Waals surface area contributed by atoms with Crippen LogP contribution in [0.3, 0.4) is 0 Å². The summed E-state index contributed by atoms with van der Waals surface area (Å²) in [6.07, 6.45) is -4.39. The number of thiocarbonyl (C=S) groups is 1. The Hall–Kier alpha value is -4.24. The van der Waals surface area contributed by atoms with E-state index < -0.39 is 17.6 Å². The first-order valence-corrected chi connectivity index (χ1v) is 11.3. The van der Waals surface area contributed by atoms with Gasteiger partial charge in [-0.25, -0.2) is 0 Å². The van der Waals surface area contributed by atoms with E-state index in [9.17, 15) is 22.8 Å². The molecule has 4 rings (SSSR count). The van der Waals surface area contributed by atoms with E-state index in [1.807, 2.05) is 42.5 Å². The Labute approximate surface area is 210 Å². The lowest BCUT2D eigenvalue weighted by molar-refractivity contribution is -0.137. The molecule has 2 amide bonds. The summed E-state index contributed by atoms with van der Waals surface area (Å²) in [7, 11) is 0. The number of rotatable bonds is 5. The lowest BCUT2D eigenvalue weighted by atomic mass is 10.0. The SMILES string of the molecule is O=C(Cc1cccc2ccccc12)NC(=S)Nc1cccc(C(=O)Nc2cccc(C(F)(F)F)c2)c1. The highest BCUT2D eigenvalue weighted by Crippen LogP contribution is 2.30. The van der Waals surface area contributed by atoms with Gasteiger partial charge in [0.15, 0.2) is 5.11 Å². The van der Waals surface area contributed by atoms with Crippen LogP contribution in [0.15, 0.2) is 91.0 Å². The highest BCUT2D eigenvalue weighted by atomic mass is 32.1. The summed E-state index contributed by atoms with van der Waals surface area (Å²) in [4.78, 5) is 25.1. The molecule has 0 heterocycles. The van der Waals surface area contributed by atoms with Crippen molar-refractivity contribution in [2.24, 2.45) is 0 Å². The van der Waals surface area contributed by atoms with Crippen molar-refractivity contribution in [2.45, 2.75) is 12.6 Å². The van der Waals surface area contributed by atoms with Gasteiger partial charge < -0.3 is 16.0 Å². The molecule has 0 unspecified atom stereocenters. The minimum Gasteiger partial charge on any atom is -0.332 e. The number of benzene rings is 4. The van der Waals surface area contributed by atoms with Gasteiger partial charge in [0.2, 0.25) is 5.91 Å². The molecule has 36 heavy (non-hydrogen) atoms. The predicted molar refractivity (Wildman–Crippen MR) is 138 cm³/mol. The van der Waals surface area contributed by atoms with E-state index >= 15 is 0 Å². The average molecular weight is 508 g/mol. The van der Waals surface area contributed by atoms with Gasteiger partial charge in [-0.15, -0.1) is 0 Å². The molecule has 4 aromatic rings. The molecule has 4 aromatic carbocycles. The minimum absolute atomic E-state index is 0.0180. The summed E-state index contributed by atoms with van der Waals surface area (Å²) < 4.78 is 38.8. The van der Waals surface area contributed by atoms with Gasteiger partial charge in [0.05, 0.1) is 12.0 Å². The van der Waals surface area contributed by atoms with Crippen molar-refractivity contribution in [1.82, 2.24) is 5.32 Å². The Morgan fingerprint density at radius 3 is 2.22 bits per heavy atom. The second-order valence-electron chi connectivity index (χ2n) is 7.93. The molecule has 0 spiro atoms. The van der Waals surface area contributed by atoms with Crippen LogP contribution in [0.25, 0.3) is 10.8 Å². The molecule has 0 aliphatic rings. The van der Waals surface area contributed by atoms with Crippen molar-refractivity contribution in [1.29, 1.82) is 0 Å². The highest BCUT2D eigenvalue weighted by molar-refractivity contribution is 7.80. The van der Waals surface area contributed by atoms with Crippen LogP contribution in [0.1, 0.15) is 21.5 Å². The Morgan fingerprint density at radius 2 is 1.44 bits per heavy atom. The number of carbonyl (C=O) groups is 2. The third-order valence-electron chi connectivity index (χ3n) is 5.31. The van der Waals surface area contributed by atoms with E-state index in [0.29, 0.717) is 5.69 Å². The molecular weight excluding hydrogens is 487 g/mol. The standard InChI is InChI=1S/C27H20F3N3O2S/c28-27(29,30)20-10-5-12-22(16-20)31-25(35)19-9-4-11-21(14-19)32-26(36)33-24(34)15-18-8-3-7-17-6-1-2-13-23(17)18/h1-14,16H,15H2,(H,31,35)(H2,32,33,34,36). The number of hydrogen-bond donors (Lipinski definition) is 3. The van der Waals surface area contributed by atoms with Gasteiger partial charge in [0.25, 0.3) is 5.91 Å². The van der Waals surface area contributed by atoms with Crippen LogP contribution in [0, 0.1) is 0 Å². The predicted octanol–water partition coefficient (Wildman–Crippen LogP) is 6.17. The third kappa shape index (κ3) is 6.25. The molecule has 0 aromatic heterocycles. The zero-order chi connectivity index (χ0) is 25.7. The van der Waals surface area contributed by atoms with Gasteiger partial charge in [0.1, 0.15) is 0 Å². The number of alkyl halides is 3. The van der Waals surface area contributed by atoms with Crippen molar-refractivity contribution in [3.05, 3.63) is 108 Å². The van der Waals surface area contributed by atoms with E-state index in [1.54, 1.807) is 12.1 Å². The molecule has 0 saturated heterocycles. The Morgan fingerprint density at radius 1 is 0.778 bits per heavy atom. The fourth-order valence-corrected chi connectivity index (χ4v) is 3.90. The first kappa shape index (κ1) is 24.9. The molecule has 5 nitrogen and oxygen atoms in total. The second kappa shape index (κ2) is 10.6. The molecule has 0 bridgehead atoms. The van der Waals surface area contributed by atoms with Gasteiger partial charge in [-0.1, -0.05) is 54.6 Å². The van der Waals surface area contributed by atoms with Crippen LogP contribution >= 0.6 is 12.2 Å².